The van der Waals surface area contributed by atoms with Gasteiger partial charge in [0.15, 0.2) is 0 Å². The van der Waals surface area contributed by atoms with E-state index >= 15 is 0 Å². The number of carbonyl (C=O) groups excluding carboxylic acids is 4. The van der Waals surface area contributed by atoms with Crippen molar-refractivity contribution in [2.45, 2.75) is 82.3 Å². The predicted octanol–water partition coefficient (Wildman–Crippen LogP) is 3.74. The van der Waals surface area contributed by atoms with Gasteiger partial charge in [0.2, 0.25) is 17.7 Å². The molecule has 5 rings (SSSR count). The van der Waals surface area contributed by atoms with Gasteiger partial charge in [0.05, 0.1) is 12.0 Å². The van der Waals surface area contributed by atoms with E-state index < -0.39 is 47.7 Å². The molecule has 0 aromatic heterocycles. The molecule has 0 radical (unpaired) electrons. The van der Waals surface area contributed by atoms with Crippen molar-refractivity contribution in [3.05, 3.63) is 58.6 Å². The molecule has 0 unspecified atom stereocenters. The molecule has 0 aliphatic carbocycles. The van der Waals surface area contributed by atoms with Crippen LogP contribution in [-0.4, -0.2) is 101 Å². The van der Waals surface area contributed by atoms with Crippen LogP contribution in [0.4, 0.5) is 0 Å². The van der Waals surface area contributed by atoms with Crippen LogP contribution in [0, 0.1) is 11.8 Å². The molecular weight excluding hydrogens is 642 g/mol. The van der Waals surface area contributed by atoms with E-state index in [1.807, 2.05) is 49.4 Å². The number of amides is 3. The van der Waals surface area contributed by atoms with Crippen molar-refractivity contribution in [1.29, 1.82) is 0 Å². The molecule has 1 aromatic rings. The number of rotatable bonds is 8. The molecule has 7 atom stereocenters. The van der Waals surface area contributed by atoms with Crippen molar-refractivity contribution in [3.8, 4) is 0 Å². The van der Waals surface area contributed by atoms with Crippen LogP contribution in [0.15, 0.2) is 53.0 Å². The van der Waals surface area contributed by atoms with Gasteiger partial charge in [-0.25, -0.2) is 0 Å². The Morgan fingerprint density at radius 1 is 1.00 bits per heavy atom. The van der Waals surface area contributed by atoms with Crippen molar-refractivity contribution in [2.75, 3.05) is 33.3 Å². The third-order valence-corrected chi connectivity index (χ3v) is 10.3. The molecule has 244 valence electrons. The van der Waals surface area contributed by atoms with Crippen LogP contribution in [0.1, 0.15) is 64.0 Å². The number of likely N-dealkylation sites (tertiary alicyclic amines) is 1. The molecule has 4 aliphatic rings. The Balaban J connectivity index is 1.59. The van der Waals surface area contributed by atoms with E-state index in [0.29, 0.717) is 24.0 Å². The Morgan fingerprint density at radius 2 is 1.76 bits per heavy atom. The van der Waals surface area contributed by atoms with Gasteiger partial charge in [0, 0.05) is 44.2 Å². The van der Waals surface area contributed by atoms with E-state index in [1.54, 1.807) is 22.9 Å². The average molecular weight is 687 g/mol. The van der Waals surface area contributed by atoms with Gasteiger partial charge in [-0.2, -0.15) is 0 Å². The average Bonchev–Trinajstić information content (AvgIpc) is 3.63. The molecule has 1 aromatic carbocycles. The van der Waals surface area contributed by atoms with Gasteiger partial charge < -0.3 is 29.3 Å². The maximum Gasteiger partial charge on any atom is 0.313 e. The number of esters is 1. The van der Waals surface area contributed by atoms with Crippen molar-refractivity contribution >= 4 is 39.6 Å². The second-order valence-electron chi connectivity index (χ2n) is 12.5. The Labute approximate surface area is 273 Å². The summed E-state index contributed by atoms with van der Waals surface area (Å²) < 4.78 is 13.4. The molecule has 1 N–H and O–H groups in total. The van der Waals surface area contributed by atoms with E-state index in [4.69, 9.17) is 9.47 Å². The quantitative estimate of drug-likeness (QED) is 0.252. The molecule has 4 heterocycles. The number of ether oxygens (including phenoxy) is 2. The lowest BCUT2D eigenvalue weighted by Gasteiger charge is -2.36. The van der Waals surface area contributed by atoms with Gasteiger partial charge in [0.25, 0.3) is 0 Å². The molecule has 3 amide bonds. The van der Waals surface area contributed by atoms with Crippen LogP contribution in [0.2, 0.25) is 0 Å². The number of aliphatic hydroxyl groups is 1. The molecule has 2 saturated heterocycles. The topological polar surface area (TPSA) is 117 Å². The minimum atomic E-state index is -1.36. The summed E-state index contributed by atoms with van der Waals surface area (Å²) in [7, 11) is 1.71. The van der Waals surface area contributed by atoms with Gasteiger partial charge in [-0.3, -0.25) is 19.2 Å². The van der Waals surface area contributed by atoms with Crippen molar-refractivity contribution in [1.82, 2.24) is 14.7 Å². The molecule has 2 fully saturated rings. The highest BCUT2D eigenvalue weighted by molar-refractivity contribution is 9.11. The molecule has 0 saturated carbocycles. The van der Waals surface area contributed by atoms with E-state index in [1.165, 1.54) is 4.90 Å². The summed E-state index contributed by atoms with van der Waals surface area (Å²) in [6, 6.07) is 7.77. The summed E-state index contributed by atoms with van der Waals surface area (Å²) in [5.74, 6) is -3.30. The van der Waals surface area contributed by atoms with Crippen molar-refractivity contribution in [3.63, 3.8) is 0 Å². The molecule has 10 nitrogen and oxygen atoms in total. The second kappa shape index (κ2) is 14.2. The van der Waals surface area contributed by atoms with Crippen LogP contribution in [-0.2, 0) is 28.7 Å². The van der Waals surface area contributed by atoms with Crippen LogP contribution in [0.3, 0.4) is 0 Å². The Bertz CT molecular complexity index is 1340. The number of allylic oxidation sites excluding steroid dienone is 1. The first kappa shape index (κ1) is 33.3. The summed E-state index contributed by atoms with van der Waals surface area (Å²) in [4.78, 5) is 61.2. The SMILES string of the molecule is CCCCCN1C/C=C\CCC(=O)N(C)[C@H](C)[C@@H](c2ccccc2)OC(=O)[C@@H]2[C@H]3O[C@@]4(C=C3Br)[C@H](C1=O)N(CCCO)C(=O)[C@@H]24. The van der Waals surface area contributed by atoms with Crippen molar-refractivity contribution < 1.29 is 33.8 Å². The smallest absolute Gasteiger partial charge is 0.313 e. The summed E-state index contributed by atoms with van der Waals surface area (Å²) >= 11 is 3.59. The standard InChI is InChI=1S/C34H44BrN3O7/c1-4-5-11-17-37-18-12-7-10-16-25(40)36(3)22(2)28(23-14-8-6-9-15-23)44-33(43)26-27-31(41)38(19-13-20-39)30(32(37)42)34(27)21-24(35)29(26)45-34/h6-9,12,14-15,21-22,26-30,39H,4-5,10-11,13,16-20H2,1-3H3/b12-7-/t22-,26+,27-,28+,29+,30+,34-/m1/s1. The van der Waals surface area contributed by atoms with E-state index in [9.17, 15) is 24.3 Å². The van der Waals surface area contributed by atoms with E-state index in [-0.39, 0.29) is 43.7 Å². The van der Waals surface area contributed by atoms with Crippen LogP contribution in [0.25, 0.3) is 0 Å². The number of hydrogen-bond acceptors (Lipinski definition) is 7. The van der Waals surface area contributed by atoms with Gasteiger partial charge >= 0.3 is 5.97 Å². The van der Waals surface area contributed by atoms with Crippen molar-refractivity contribution in [2.24, 2.45) is 11.8 Å². The maximum absolute atomic E-state index is 14.5. The summed E-state index contributed by atoms with van der Waals surface area (Å²) in [6.45, 7) is 4.76. The Hall–Kier alpha value is -3.02. The largest absolute Gasteiger partial charge is 0.455 e. The fourth-order valence-electron chi connectivity index (χ4n) is 7.19. The van der Waals surface area contributed by atoms with Gasteiger partial charge in [-0.15, -0.1) is 0 Å². The Kier molecular flexibility index (Phi) is 10.5. The number of hydrogen-bond donors (Lipinski definition) is 1. The zero-order valence-corrected chi connectivity index (χ0v) is 27.9. The number of carbonyl (C=O) groups is 4. The Morgan fingerprint density at radius 3 is 2.47 bits per heavy atom. The third kappa shape index (κ3) is 6.23. The molecule has 5 bridgehead atoms. The molecule has 4 aliphatic heterocycles. The number of likely N-dealkylation sites (N-methyl/N-ethyl adjacent to an activating group) is 1. The highest BCUT2D eigenvalue weighted by atomic mass is 79.9. The van der Waals surface area contributed by atoms with Crippen LogP contribution in [0.5, 0.6) is 0 Å². The van der Waals surface area contributed by atoms with Crippen LogP contribution >= 0.6 is 15.9 Å². The fourth-order valence-corrected chi connectivity index (χ4v) is 7.92. The lowest BCUT2D eigenvalue weighted by Crippen LogP contribution is -2.56. The molecule has 11 heteroatoms. The predicted molar refractivity (Wildman–Crippen MR) is 171 cm³/mol. The number of fused-ring (bicyclic) bond motifs is 2. The third-order valence-electron chi connectivity index (χ3n) is 9.66. The number of cyclic esters (lactones) is 1. The highest BCUT2D eigenvalue weighted by Gasteiger charge is 2.74. The molecule has 1 spiro atoms. The number of nitrogens with zero attached hydrogens (tertiary/aromatic N) is 3. The monoisotopic (exact) mass is 685 g/mol. The summed E-state index contributed by atoms with van der Waals surface area (Å²) in [5.41, 5.74) is -0.639. The number of unbranched alkanes of at least 4 members (excludes halogenated alkanes) is 2. The highest BCUT2D eigenvalue weighted by Crippen LogP contribution is 2.59. The maximum atomic E-state index is 14.5. The molecular formula is C34H44BrN3O7. The second-order valence-corrected chi connectivity index (χ2v) is 13.4. The summed E-state index contributed by atoms with van der Waals surface area (Å²) in [6.07, 6.45) is 7.78. The number of halogens is 1. The number of benzene rings is 1. The summed E-state index contributed by atoms with van der Waals surface area (Å²) in [5, 5.41) is 9.68. The van der Waals surface area contributed by atoms with Gasteiger partial charge in [0.1, 0.15) is 29.8 Å². The first-order chi connectivity index (χ1) is 21.7. The van der Waals surface area contributed by atoms with E-state index in [2.05, 4.69) is 22.9 Å². The van der Waals surface area contributed by atoms with E-state index in [0.717, 1.165) is 24.8 Å². The normalized spacial score (nSPS) is 33.0. The zero-order chi connectivity index (χ0) is 32.3. The number of aliphatic hydroxyl groups excluding tert-OH is 1. The minimum absolute atomic E-state index is 0.0917. The lowest BCUT2D eigenvalue weighted by molar-refractivity contribution is -0.164. The lowest BCUT2D eigenvalue weighted by atomic mass is 9.74. The fraction of sp³-hybridized carbons (Fsp3) is 0.588. The molecule has 45 heavy (non-hydrogen) atoms. The van der Waals surface area contributed by atoms with Crippen LogP contribution < -0.4 is 0 Å². The first-order valence-electron chi connectivity index (χ1n) is 16.1. The van der Waals surface area contributed by atoms with Gasteiger partial charge in [-0.1, -0.05) is 78.2 Å². The van der Waals surface area contributed by atoms with Gasteiger partial charge in [-0.05, 0) is 37.8 Å². The minimum Gasteiger partial charge on any atom is -0.455 e. The zero-order valence-electron chi connectivity index (χ0n) is 26.3. The first-order valence-corrected chi connectivity index (χ1v) is 16.9.